The van der Waals surface area contributed by atoms with Gasteiger partial charge in [-0.1, -0.05) is 141 Å². The third-order valence-corrected chi connectivity index (χ3v) is 10.3. The van der Waals surface area contributed by atoms with Crippen LogP contribution in [-0.4, -0.2) is 89.0 Å². The zero-order valence-corrected chi connectivity index (χ0v) is 34.9. The van der Waals surface area contributed by atoms with Crippen molar-refractivity contribution in [3.8, 4) is 0 Å². The highest BCUT2D eigenvalue weighted by atomic mass is 16.7. The first-order valence-corrected chi connectivity index (χ1v) is 22.4. The van der Waals surface area contributed by atoms with E-state index in [1.165, 1.54) is 89.9 Å². The lowest BCUT2D eigenvalue weighted by molar-refractivity contribution is -0.305. The van der Waals surface area contributed by atoms with E-state index in [4.69, 9.17) is 18.9 Å². The predicted octanol–water partition coefficient (Wildman–Crippen LogP) is 9.33. The second-order valence-electron chi connectivity index (χ2n) is 15.5. The average molecular weight is 783 g/mol. The number of ether oxygens (including phenoxy) is 4. The molecule has 0 aromatic rings. The standard InChI is InChI=1S/C45H82O10/c1-3-5-7-9-11-13-15-17-18-19-20-22-23-25-27-29-31-33-40(47)52-36-38(37-53-45-44(51)43(50)42(49)39(35-46)55-45)54-41(48)34-32-30-28-26-24-21-16-14-12-10-8-6-4-2/h14,16-18,38-39,42-46,49-51H,3-13,15,19-37H2,1-2H3/b16-14+,18-17+/t38-,39-,42+,43?,44?,45-/m0/s1. The monoisotopic (exact) mass is 783 g/mol. The highest BCUT2D eigenvalue weighted by Crippen LogP contribution is 2.22. The van der Waals surface area contributed by atoms with Gasteiger partial charge in [-0.05, 0) is 64.2 Å². The minimum absolute atomic E-state index is 0.220. The van der Waals surface area contributed by atoms with Crippen LogP contribution in [0.15, 0.2) is 24.3 Å². The SMILES string of the molecule is CCCCCC/C=C/CCCCCCCC(=O)O[C@@H](COC(=O)CCCCCCCCC/C=C/CCCCCCCC)CO[C@H]1O[C@@H](CO)[C@@H](O)C(O)C1O. The van der Waals surface area contributed by atoms with Crippen molar-refractivity contribution in [2.75, 3.05) is 19.8 Å². The van der Waals surface area contributed by atoms with Gasteiger partial charge >= 0.3 is 11.9 Å². The molecule has 1 aliphatic heterocycles. The van der Waals surface area contributed by atoms with Gasteiger partial charge in [-0.3, -0.25) is 9.59 Å². The molecule has 10 nitrogen and oxygen atoms in total. The number of rotatable bonds is 37. The zero-order chi connectivity index (χ0) is 40.2. The summed E-state index contributed by atoms with van der Waals surface area (Å²) in [6.45, 7) is 3.39. The first kappa shape index (κ1) is 51.2. The molecule has 1 heterocycles. The minimum Gasteiger partial charge on any atom is -0.462 e. The average Bonchev–Trinajstić information content (AvgIpc) is 3.18. The van der Waals surface area contributed by atoms with Gasteiger partial charge in [0.2, 0.25) is 0 Å². The van der Waals surface area contributed by atoms with Gasteiger partial charge in [-0.2, -0.15) is 0 Å². The van der Waals surface area contributed by atoms with Crippen LogP contribution in [0.2, 0.25) is 0 Å². The van der Waals surface area contributed by atoms with Gasteiger partial charge in [0.1, 0.15) is 31.0 Å². The van der Waals surface area contributed by atoms with Crippen LogP contribution in [0.25, 0.3) is 0 Å². The number of aliphatic hydroxyl groups excluding tert-OH is 4. The number of unbranched alkanes of at least 4 members (excludes halogenated alkanes) is 22. The Morgan fingerprint density at radius 2 is 0.964 bits per heavy atom. The third-order valence-electron chi connectivity index (χ3n) is 10.3. The number of hydrogen-bond acceptors (Lipinski definition) is 10. The Bertz CT molecular complexity index is 954. The number of carbonyl (C=O) groups excluding carboxylic acids is 2. The number of allylic oxidation sites excluding steroid dienone is 4. The van der Waals surface area contributed by atoms with Gasteiger partial charge in [0.15, 0.2) is 12.4 Å². The van der Waals surface area contributed by atoms with E-state index in [0.717, 1.165) is 70.6 Å². The van der Waals surface area contributed by atoms with E-state index in [-0.39, 0.29) is 32.0 Å². The molecule has 1 fully saturated rings. The first-order chi connectivity index (χ1) is 26.8. The Hall–Kier alpha value is -1.82. The molecule has 322 valence electrons. The van der Waals surface area contributed by atoms with E-state index < -0.39 is 49.4 Å². The Morgan fingerprint density at radius 1 is 0.545 bits per heavy atom. The van der Waals surface area contributed by atoms with Crippen LogP contribution in [0, 0.1) is 0 Å². The Balaban J connectivity index is 2.33. The highest BCUT2D eigenvalue weighted by Gasteiger charge is 2.44. The summed E-state index contributed by atoms with van der Waals surface area (Å²) in [5.41, 5.74) is 0. The molecule has 10 heteroatoms. The summed E-state index contributed by atoms with van der Waals surface area (Å²) < 4.78 is 22.1. The third kappa shape index (κ3) is 28.3. The summed E-state index contributed by atoms with van der Waals surface area (Å²) in [4.78, 5) is 25.3. The maximum absolute atomic E-state index is 12.7. The van der Waals surface area contributed by atoms with Gasteiger partial charge in [0.25, 0.3) is 0 Å². The molecule has 0 amide bonds. The van der Waals surface area contributed by atoms with E-state index in [1.54, 1.807) is 0 Å². The molecule has 1 saturated heterocycles. The fourth-order valence-electron chi connectivity index (χ4n) is 6.71. The van der Waals surface area contributed by atoms with Crippen LogP contribution < -0.4 is 0 Å². The molecule has 1 rings (SSSR count). The summed E-state index contributed by atoms with van der Waals surface area (Å²) in [5.74, 6) is -0.818. The molecular weight excluding hydrogens is 700 g/mol. The summed E-state index contributed by atoms with van der Waals surface area (Å²) in [7, 11) is 0. The summed E-state index contributed by atoms with van der Waals surface area (Å²) >= 11 is 0. The fourth-order valence-corrected chi connectivity index (χ4v) is 6.71. The van der Waals surface area contributed by atoms with E-state index in [1.807, 2.05) is 0 Å². The Morgan fingerprint density at radius 3 is 1.44 bits per heavy atom. The number of esters is 2. The van der Waals surface area contributed by atoms with E-state index in [9.17, 15) is 30.0 Å². The molecular formula is C45H82O10. The van der Waals surface area contributed by atoms with Crippen molar-refractivity contribution in [3.63, 3.8) is 0 Å². The molecule has 0 aliphatic carbocycles. The Kier molecular flexibility index (Phi) is 34.0. The smallest absolute Gasteiger partial charge is 0.306 e. The normalized spacial score (nSPS) is 20.7. The van der Waals surface area contributed by atoms with Crippen LogP contribution in [-0.2, 0) is 28.5 Å². The summed E-state index contributed by atoms with van der Waals surface area (Å²) in [6, 6.07) is 0. The molecule has 0 bridgehead atoms. The van der Waals surface area contributed by atoms with E-state index >= 15 is 0 Å². The van der Waals surface area contributed by atoms with Crippen molar-refractivity contribution in [2.45, 2.75) is 230 Å². The van der Waals surface area contributed by atoms with Crippen LogP contribution >= 0.6 is 0 Å². The van der Waals surface area contributed by atoms with Crippen molar-refractivity contribution in [1.82, 2.24) is 0 Å². The largest absolute Gasteiger partial charge is 0.462 e. The first-order valence-electron chi connectivity index (χ1n) is 22.4. The molecule has 6 atom stereocenters. The fraction of sp³-hybridized carbons (Fsp3) is 0.867. The second kappa shape index (κ2) is 36.5. The predicted molar refractivity (Wildman–Crippen MR) is 219 cm³/mol. The quantitative estimate of drug-likeness (QED) is 0.0273. The molecule has 0 spiro atoms. The minimum atomic E-state index is -1.59. The topological polar surface area (TPSA) is 152 Å². The lowest BCUT2D eigenvalue weighted by atomic mass is 9.99. The molecule has 0 radical (unpaired) electrons. The summed E-state index contributed by atoms with van der Waals surface area (Å²) in [6.07, 6.45) is 31.8. The molecule has 55 heavy (non-hydrogen) atoms. The van der Waals surface area contributed by atoms with Gasteiger partial charge in [-0.25, -0.2) is 0 Å². The van der Waals surface area contributed by atoms with Gasteiger partial charge in [0, 0.05) is 12.8 Å². The summed E-state index contributed by atoms with van der Waals surface area (Å²) in [5, 5.41) is 40.0. The molecule has 0 aromatic carbocycles. The lowest BCUT2D eigenvalue weighted by Gasteiger charge is -2.39. The van der Waals surface area contributed by atoms with Crippen LogP contribution in [0.5, 0.6) is 0 Å². The van der Waals surface area contributed by atoms with Gasteiger partial charge in [0.05, 0.1) is 13.2 Å². The highest BCUT2D eigenvalue weighted by molar-refractivity contribution is 5.70. The number of carbonyl (C=O) groups is 2. The Labute approximate surface area is 334 Å². The number of hydrogen-bond donors (Lipinski definition) is 4. The van der Waals surface area contributed by atoms with Gasteiger partial charge < -0.3 is 39.4 Å². The molecule has 1 aliphatic rings. The van der Waals surface area contributed by atoms with E-state index in [0.29, 0.717) is 6.42 Å². The zero-order valence-electron chi connectivity index (χ0n) is 34.9. The van der Waals surface area contributed by atoms with Crippen molar-refractivity contribution in [1.29, 1.82) is 0 Å². The molecule has 2 unspecified atom stereocenters. The number of aliphatic hydroxyl groups is 4. The second-order valence-corrected chi connectivity index (χ2v) is 15.5. The van der Waals surface area contributed by atoms with Gasteiger partial charge in [-0.15, -0.1) is 0 Å². The van der Waals surface area contributed by atoms with Crippen LogP contribution in [0.1, 0.15) is 194 Å². The maximum Gasteiger partial charge on any atom is 0.306 e. The maximum atomic E-state index is 12.7. The lowest BCUT2D eigenvalue weighted by Crippen LogP contribution is -2.59. The van der Waals surface area contributed by atoms with Crippen molar-refractivity contribution < 1.29 is 49.0 Å². The van der Waals surface area contributed by atoms with E-state index in [2.05, 4.69) is 38.2 Å². The van der Waals surface area contributed by atoms with Crippen LogP contribution in [0.3, 0.4) is 0 Å². The molecule has 4 N–H and O–H groups in total. The van der Waals surface area contributed by atoms with Crippen molar-refractivity contribution in [3.05, 3.63) is 24.3 Å². The van der Waals surface area contributed by atoms with Crippen LogP contribution in [0.4, 0.5) is 0 Å². The van der Waals surface area contributed by atoms with Crippen molar-refractivity contribution in [2.24, 2.45) is 0 Å². The molecule has 0 aromatic heterocycles. The van der Waals surface area contributed by atoms with Crippen molar-refractivity contribution >= 4 is 11.9 Å². The molecule has 0 saturated carbocycles.